The van der Waals surface area contributed by atoms with E-state index in [1.54, 1.807) is 0 Å². The maximum atomic E-state index is 5.81. The van der Waals surface area contributed by atoms with Crippen LogP contribution in [0.4, 0.5) is 0 Å². The Bertz CT molecular complexity index is 107. The fraction of sp³-hybridized carbons (Fsp3) is 1.00. The summed E-state index contributed by atoms with van der Waals surface area (Å²) in [5, 5.41) is 0. The van der Waals surface area contributed by atoms with Gasteiger partial charge in [-0.25, -0.2) is 0 Å². The minimum atomic E-state index is 0.413. The fourth-order valence-corrected chi connectivity index (χ4v) is 1.85. The van der Waals surface area contributed by atoms with Crippen molar-refractivity contribution >= 4 is 11.8 Å². The molecule has 0 aromatic carbocycles. The van der Waals surface area contributed by atoms with Gasteiger partial charge in [0.2, 0.25) is 0 Å². The summed E-state index contributed by atoms with van der Waals surface area (Å²) in [5.41, 5.74) is 5.81. The summed E-state index contributed by atoms with van der Waals surface area (Å²) in [5.74, 6) is 1.25. The molecule has 0 radical (unpaired) electrons. The Kier molecular flexibility index (Phi) is 6.02. The normalized spacial score (nSPS) is 14.8. The van der Waals surface area contributed by atoms with E-state index in [0.717, 1.165) is 6.42 Å². The number of thioether (sulfide) groups is 1. The molecule has 2 N–H and O–H groups in total. The van der Waals surface area contributed by atoms with Crippen LogP contribution >= 0.6 is 11.8 Å². The second kappa shape index (κ2) is 5.87. The third-order valence-electron chi connectivity index (χ3n) is 1.78. The van der Waals surface area contributed by atoms with Crippen LogP contribution in [-0.2, 0) is 0 Å². The largest absolute Gasteiger partial charge is 0.328 e. The lowest BCUT2D eigenvalue weighted by atomic mass is 10.1. The molecule has 0 fully saturated rings. The van der Waals surface area contributed by atoms with Crippen LogP contribution in [0.15, 0.2) is 0 Å². The lowest BCUT2D eigenvalue weighted by Crippen LogP contribution is -2.18. The standard InChI is InChI=1S/C10H23NS/c1-5-9(11)7-6-8-12-10(2,3)4/h9H,5-8,11H2,1-4H3. The average molecular weight is 189 g/mol. The molecule has 1 atom stereocenters. The molecule has 0 rings (SSSR count). The summed E-state index contributed by atoms with van der Waals surface area (Å²) < 4.78 is 0.413. The van der Waals surface area contributed by atoms with E-state index in [2.05, 4.69) is 27.7 Å². The molecule has 0 saturated heterocycles. The smallest absolute Gasteiger partial charge is 0.00750 e. The minimum Gasteiger partial charge on any atom is -0.328 e. The number of hydrogen-bond acceptors (Lipinski definition) is 2. The van der Waals surface area contributed by atoms with Crippen molar-refractivity contribution in [1.29, 1.82) is 0 Å². The van der Waals surface area contributed by atoms with Gasteiger partial charge in [0, 0.05) is 10.8 Å². The van der Waals surface area contributed by atoms with Crippen molar-refractivity contribution in [1.82, 2.24) is 0 Å². The molecule has 0 aliphatic carbocycles. The Balaban J connectivity index is 3.22. The highest BCUT2D eigenvalue weighted by Crippen LogP contribution is 2.24. The van der Waals surface area contributed by atoms with Crippen LogP contribution in [0.5, 0.6) is 0 Å². The quantitative estimate of drug-likeness (QED) is 0.673. The van der Waals surface area contributed by atoms with Gasteiger partial charge in [0.05, 0.1) is 0 Å². The van der Waals surface area contributed by atoms with Crippen LogP contribution in [0, 0.1) is 0 Å². The Hall–Kier alpha value is 0.310. The molecular weight excluding hydrogens is 166 g/mol. The Morgan fingerprint density at radius 3 is 2.33 bits per heavy atom. The van der Waals surface area contributed by atoms with Gasteiger partial charge in [-0.2, -0.15) is 11.8 Å². The highest BCUT2D eigenvalue weighted by atomic mass is 32.2. The van der Waals surface area contributed by atoms with Crippen LogP contribution in [-0.4, -0.2) is 16.5 Å². The van der Waals surface area contributed by atoms with Gasteiger partial charge in [0.15, 0.2) is 0 Å². The van der Waals surface area contributed by atoms with Crippen LogP contribution < -0.4 is 5.73 Å². The molecule has 0 bridgehead atoms. The monoisotopic (exact) mass is 189 g/mol. The highest BCUT2D eigenvalue weighted by Gasteiger charge is 2.09. The molecule has 0 spiro atoms. The molecule has 1 nitrogen and oxygen atoms in total. The zero-order valence-electron chi connectivity index (χ0n) is 8.89. The molecule has 1 unspecified atom stereocenters. The maximum absolute atomic E-state index is 5.81. The van der Waals surface area contributed by atoms with E-state index in [1.807, 2.05) is 11.8 Å². The second-order valence-electron chi connectivity index (χ2n) is 4.27. The minimum absolute atomic E-state index is 0.413. The average Bonchev–Trinajstić information content (AvgIpc) is 1.96. The molecule has 0 aliphatic rings. The third-order valence-corrected chi connectivity index (χ3v) is 3.14. The van der Waals surface area contributed by atoms with Crippen LogP contribution in [0.25, 0.3) is 0 Å². The van der Waals surface area contributed by atoms with E-state index in [-0.39, 0.29) is 0 Å². The molecule has 0 aromatic heterocycles. The molecule has 0 aromatic rings. The topological polar surface area (TPSA) is 26.0 Å². The van der Waals surface area contributed by atoms with Crippen LogP contribution in [0.1, 0.15) is 47.0 Å². The summed E-state index contributed by atoms with van der Waals surface area (Å²) in [4.78, 5) is 0. The van der Waals surface area contributed by atoms with Crippen molar-refractivity contribution in [3.05, 3.63) is 0 Å². The summed E-state index contributed by atoms with van der Waals surface area (Å²) in [6.45, 7) is 8.94. The zero-order chi connectivity index (χ0) is 9.61. The van der Waals surface area contributed by atoms with E-state index >= 15 is 0 Å². The fourth-order valence-electron chi connectivity index (χ4n) is 0.928. The lowest BCUT2D eigenvalue weighted by Gasteiger charge is -2.17. The molecule has 74 valence electrons. The molecular formula is C10H23NS. The maximum Gasteiger partial charge on any atom is 0.00750 e. The van der Waals surface area contributed by atoms with E-state index in [9.17, 15) is 0 Å². The summed E-state index contributed by atoms with van der Waals surface area (Å²) >= 11 is 2.03. The zero-order valence-corrected chi connectivity index (χ0v) is 9.71. The predicted octanol–water partition coefficient (Wildman–Crippen LogP) is 3.04. The van der Waals surface area contributed by atoms with E-state index in [1.165, 1.54) is 18.6 Å². The van der Waals surface area contributed by atoms with Gasteiger partial charge in [-0.1, -0.05) is 27.7 Å². The molecule has 0 saturated carbocycles. The summed E-state index contributed by atoms with van der Waals surface area (Å²) in [6.07, 6.45) is 3.55. The molecule has 0 amide bonds. The third kappa shape index (κ3) is 8.41. The first-order valence-corrected chi connectivity index (χ1v) is 5.84. The lowest BCUT2D eigenvalue weighted by molar-refractivity contribution is 0.588. The first-order valence-electron chi connectivity index (χ1n) is 4.85. The van der Waals surface area contributed by atoms with Crippen molar-refractivity contribution in [2.24, 2.45) is 5.73 Å². The highest BCUT2D eigenvalue weighted by molar-refractivity contribution is 8.00. The molecule has 2 heteroatoms. The van der Waals surface area contributed by atoms with Crippen molar-refractivity contribution in [3.63, 3.8) is 0 Å². The van der Waals surface area contributed by atoms with Crippen molar-refractivity contribution in [2.75, 3.05) is 5.75 Å². The SMILES string of the molecule is CCC(N)CCCSC(C)(C)C. The van der Waals surface area contributed by atoms with Gasteiger partial charge in [-0.3, -0.25) is 0 Å². The van der Waals surface area contributed by atoms with Gasteiger partial charge < -0.3 is 5.73 Å². The van der Waals surface area contributed by atoms with Crippen LogP contribution in [0.3, 0.4) is 0 Å². The Morgan fingerprint density at radius 2 is 1.92 bits per heavy atom. The first-order chi connectivity index (χ1) is 5.45. The van der Waals surface area contributed by atoms with Gasteiger partial charge in [-0.15, -0.1) is 0 Å². The molecule has 12 heavy (non-hydrogen) atoms. The number of nitrogens with two attached hydrogens (primary N) is 1. The number of rotatable bonds is 5. The molecule has 0 heterocycles. The van der Waals surface area contributed by atoms with Crippen molar-refractivity contribution in [2.45, 2.75) is 57.7 Å². The van der Waals surface area contributed by atoms with E-state index in [4.69, 9.17) is 5.73 Å². The van der Waals surface area contributed by atoms with Gasteiger partial charge >= 0.3 is 0 Å². The van der Waals surface area contributed by atoms with Crippen molar-refractivity contribution in [3.8, 4) is 0 Å². The Labute approximate surface area is 81.5 Å². The van der Waals surface area contributed by atoms with Gasteiger partial charge in [0.25, 0.3) is 0 Å². The second-order valence-corrected chi connectivity index (χ2v) is 6.19. The van der Waals surface area contributed by atoms with Gasteiger partial charge in [0.1, 0.15) is 0 Å². The summed E-state index contributed by atoms with van der Waals surface area (Å²) in [6, 6.07) is 0.422. The van der Waals surface area contributed by atoms with E-state index in [0.29, 0.717) is 10.8 Å². The van der Waals surface area contributed by atoms with Crippen LogP contribution in [0.2, 0.25) is 0 Å². The van der Waals surface area contributed by atoms with Crippen molar-refractivity contribution < 1.29 is 0 Å². The Morgan fingerprint density at radius 1 is 1.33 bits per heavy atom. The first kappa shape index (κ1) is 12.3. The predicted molar refractivity (Wildman–Crippen MR) is 59.7 cm³/mol. The summed E-state index contributed by atoms with van der Waals surface area (Å²) in [7, 11) is 0. The number of hydrogen-bond donors (Lipinski definition) is 1. The molecule has 0 aliphatic heterocycles. The van der Waals surface area contributed by atoms with E-state index < -0.39 is 0 Å². The van der Waals surface area contributed by atoms with Gasteiger partial charge in [-0.05, 0) is 25.0 Å².